The lowest BCUT2D eigenvalue weighted by Crippen LogP contribution is -2.38. The summed E-state index contributed by atoms with van der Waals surface area (Å²) >= 11 is 0. The molecule has 0 amide bonds. The molecule has 5 aromatic rings. The van der Waals surface area contributed by atoms with Crippen LogP contribution in [0.5, 0.6) is 5.88 Å². The van der Waals surface area contributed by atoms with Gasteiger partial charge in [0.25, 0.3) is 0 Å². The molecule has 4 nitrogen and oxygen atoms in total. The average molecular weight is 539 g/mol. The molecule has 0 aliphatic heterocycles. The second kappa shape index (κ2) is 11.5. The van der Waals surface area contributed by atoms with Crippen molar-refractivity contribution in [3.8, 4) is 17.0 Å². The average Bonchev–Trinajstić information content (AvgIpc) is 2.96. The van der Waals surface area contributed by atoms with E-state index in [9.17, 15) is 13.9 Å². The highest BCUT2D eigenvalue weighted by atomic mass is 19.1. The minimum atomic E-state index is -1.42. The lowest BCUT2D eigenvalue weighted by Gasteiger charge is -2.39. The van der Waals surface area contributed by atoms with Gasteiger partial charge >= 0.3 is 0 Å². The molecule has 2 atom stereocenters. The smallest absolute Gasteiger partial charge is 0.217 e. The van der Waals surface area contributed by atoms with E-state index < -0.39 is 23.2 Å². The van der Waals surface area contributed by atoms with E-state index in [0.29, 0.717) is 30.0 Å². The fourth-order valence-corrected chi connectivity index (χ4v) is 5.51. The number of hydrogen-bond acceptors (Lipinski definition) is 4. The third-order valence-electron chi connectivity index (χ3n) is 7.43. The Hall–Kier alpha value is -4.13. The van der Waals surface area contributed by atoms with Crippen LogP contribution < -0.4 is 4.74 Å². The number of pyridine rings is 1. The topological polar surface area (TPSA) is 45.6 Å². The summed E-state index contributed by atoms with van der Waals surface area (Å²) in [4.78, 5) is 6.58. The summed E-state index contributed by atoms with van der Waals surface area (Å²) in [5, 5.41) is 15.0. The quantitative estimate of drug-likeness (QED) is 0.216. The van der Waals surface area contributed by atoms with Crippen LogP contribution in [0.25, 0.3) is 21.9 Å². The molecule has 4 aromatic carbocycles. The zero-order chi connectivity index (χ0) is 28.3. The van der Waals surface area contributed by atoms with Gasteiger partial charge in [-0.25, -0.2) is 13.8 Å². The van der Waals surface area contributed by atoms with Gasteiger partial charge in [-0.15, -0.1) is 0 Å². The second-order valence-electron chi connectivity index (χ2n) is 10.3. The number of nitrogens with zero attached hydrogens (tertiary/aromatic N) is 2. The van der Waals surface area contributed by atoms with E-state index in [2.05, 4.69) is 4.98 Å². The maximum atomic E-state index is 14.9. The number of ether oxygens (including phenoxy) is 1. The predicted octanol–water partition coefficient (Wildman–Crippen LogP) is 7.16. The van der Waals surface area contributed by atoms with Crippen molar-refractivity contribution in [2.75, 3.05) is 27.7 Å². The van der Waals surface area contributed by atoms with Gasteiger partial charge in [0.05, 0.1) is 7.11 Å². The molecular weight excluding hydrogens is 506 g/mol. The van der Waals surface area contributed by atoms with E-state index >= 15 is 0 Å². The summed E-state index contributed by atoms with van der Waals surface area (Å²) in [7, 11) is 5.48. The summed E-state index contributed by atoms with van der Waals surface area (Å²) < 4.78 is 34.4. The minimum Gasteiger partial charge on any atom is -0.481 e. The molecule has 1 aromatic heterocycles. The first kappa shape index (κ1) is 27.4. The van der Waals surface area contributed by atoms with E-state index in [1.807, 2.05) is 91.8 Å². The lowest BCUT2D eigenvalue weighted by atomic mass is 9.70. The zero-order valence-corrected chi connectivity index (χ0v) is 22.8. The summed E-state index contributed by atoms with van der Waals surface area (Å²) in [5.74, 6) is -1.65. The third kappa shape index (κ3) is 5.33. The molecule has 0 radical (unpaired) electrons. The molecule has 0 bridgehead atoms. The van der Waals surface area contributed by atoms with Gasteiger partial charge in [-0.1, -0.05) is 72.8 Å². The Labute approximate surface area is 233 Å². The standard InChI is InChI=1S/C34H32F2N2O2/c1-38(2)19-18-34(39,30-15-9-13-23-10-7-8-14-27(23)30)32(24-11-5-4-6-12-24)29-20-25(22-37-33(29)40-3)28-17-16-26(35)21-31(28)36/h4-17,20-22,32,39H,18-19H2,1-3H3. The Balaban J connectivity index is 1.81. The van der Waals surface area contributed by atoms with Crippen molar-refractivity contribution in [3.05, 3.63) is 132 Å². The molecule has 1 N–H and O–H groups in total. The molecule has 40 heavy (non-hydrogen) atoms. The fraction of sp³-hybridized carbons (Fsp3) is 0.206. The molecule has 0 saturated heterocycles. The first-order chi connectivity index (χ1) is 19.3. The van der Waals surface area contributed by atoms with E-state index in [-0.39, 0.29) is 5.56 Å². The van der Waals surface area contributed by atoms with Crippen molar-refractivity contribution in [1.82, 2.24) is 9.88 Å². The van der Waals surface area contributed by atoms with Gasteiger partial charge in [-0.2, -0.15) is 0 Å². The highest BCUT2D eigenvalue weighted by molar-refractivity contribution is 5.86. The molecule has 0 aliphatic carbocycles. The van der Waals surface area contributed by atoms with Gasteiger partial charge in [0.15, 0.2) is 0 Å². The summed E-state index contributed by atoms with van der Waals surface area (Å²) in [6.07, 6.45) is 1.91. The normalized spacial score (nSPS) is 13.8. The molecule has 0 fully saturated rings. The van der Waals surface area contributed by atoms with Crippen LogP contribution >= 0.6 is 0 Å². The van der Waals surface area contributed by atoms with Crippen LogP contribution in [-0.4, -0.2) is 42.7 Å². The molecular formula is C34H32F2N2O2. The number of aromatic nitrogens is 1. The Morgan fingerprint density at radius 2 is 1.62 bits per heavy atom. The highest BCUT2D eigenvalue weighted by Crippen LogP contribution is 2.49. The first-order valence-electron chi connectivity index (χ1n) is 13.2. The number of benzene rings is 4. The van der Waals surface area contributed by atoms with Crippen LogP contribution in [0.3, 0.4) is 0 Å². The van der Waals surface area contributed by atoms with Gasteiger partial charge < -0.3 is 14.7 Å². The zero-order valence-electron chi connectivity index (χ0n) is 22.8. The monoisotopic (exact) mass is 538 g/mol. The van der Waals surface area contributed by atoms with Gasteiger partial charge in [0.1, 0.15) is 17.2 Å². The van der Waals surface area contributed by atoms with Crippen molar-refractivity contribution >= 4 is 10.8 Å². The van der Waals surface area contributed by atoms with Crippen molar-refractivity contribution in [2.45, 2.75) is 17.9 Å². The van der Waals surface area contributed by atoms with Crippen LogP contribution in [-0.2, 0) is 5.60 Å². The predicted molar refractivity (Wildman–Crippen MR) is 155 cm³/mol. The summed E-state index contributed by atoms with van der Waals surface area (Å²) in [6.45, 7) is 0.602. The van der Waals surface area contributed by atoms with E-state index in [0.717, 1.165) is 28.0 Å². The molecule has 5 rings (SSSR count). The fourth-order valence-electron chi connectivity index (χ4n) is 5.51. The summed E-state index contributed by atoms with van der Waals surface area (Å²) in [6, 6.07) is 29.0. The van der Waals surface area contributed by atoms with E-state index in [4.69, 9.17) is 4.74 Å². The first-order valence-corrected chi connectivity index (χ1v) is 13.2. The largest absolute Gasteiger partial charge is 0.481 e. The number of rotatable bonds is 9. The van der Waals surface area contributed by atoms with Crippen LogP contribution in [0.15, 0.2) is 103 Å². The van der Waals surface area contributed by atoms with Crippen LogP contribution in [0.4, 0.5) is 8.78 Å². The molecule has 6 heteroatoms. The SMILES string of the molecule is COc1ncc(-c2ccc(F)cc2F)cc1C(c1ccccc1)C(O)(CCN(C)C)c1cccc2ccccc12. The third-order valence-corrected chi connectivity index (χ3v) is 7.43. The van der Waals surface area contributed by atoms with Gasteiger partial charge in [-0.3, -0.25) is 0 Å². The molecule has 2 unspecified atom stereocenters. The number of methoxy groups -OCH3 is 1. The van der Waals surface area contributed by atoms with Crippen LogP contribution in [0.2, 0.25) is 0 Å². The minimum absolute atomic E-state index is 0.214. The van der Waals surface area contributed by atoms with Crippen molar-refractivity contribution < 1.29 is 18.6 Å². The van der Waals surface area contributed by atoms with Crippen molar-refractivity contribution in [1.29, 1.82) is 0 Å². The van der Waals surface area contributed by atoms with Gasteiger partial charge in [0.2, 0.25) is 5.88 Å². The molecule has 0 saturated carbocycles. The Morgan fingerprint density at radius 3 is 2.35 bits per heavy atom. The molecule has 204 valence electrons. The highest BCUT2D eigenvalue weighted by Gasteiger charge is 2.43. The number of hydrogen-bond donors (Lipinski definition) is 1. The second-order valence-corrected chi connectivity index (χ2v) is 10.3. The lowest BCUT2D eigenvalue weighted by molar-refractivity contribution is 0.00517. The maximum Gasteiger partial charge on any atom is 0.217 e. The number of fused-ring (bicyclic) bond motifs is 1. The van der Waals surface area contributed by atoms with Crippen molar-refractivity contribution in [2.24, 2.45) is 0 Å². The van der Waals surface area contributed by atoms with E-state index in [1.54, 1.807) is 6.07 Å². The van der Waals surface area contributed by atoms with Crippen LogP contribution in [0.1, 0.15) is 29.0 Å². The Morgan fingerprint density at radius 1 is 0.900 bits per heavy atom. The Kier molecular flexibility index (Phi) is 7.92. The molecule has 1 heterocycles. The van der Waals surface area contributed by atoms with Gasteiger partial charge in [0, 0.05) is 41.4 Å². The molecule has 0 spiro atoms. The molecule has 0 aliphatic rings. The van der Waals surface area contributed by atoms with Gasteiger partial charge in [-0.05, 0) is 60.6 Å². The van der Waals surface area contributed by atoms with Crippen LogP contribution in [0, 0.1) is 11.6 Å². The summed E-state index contributed by atoms with van der Waals surface area (Å²) in [5.41, 5.74) is 1.49. The van der Waals surface area contributed by atoms with E-state index in [1.165, 1.54) is 25.4 Å². The van der Waals surface area contributed by atoms with Crippen molar-refractivity contribution in [3.63, 3.8) is 0 Å². The Bertz CT molecular complexity index is 1620. The maximum absolute atomic E-state index is 14.9. The number of halogens is 2. The number of aliphatic hydroxyl groups is 1.